The first-order valence-electron chi connectivity index (χ1n) is 6.16. The normalized spacial score (nSPS) is 10.7. The van der Waals surface area contributed by atoms with E-state index in [1.54, 1.807) is 6.08 Å². The predicted molar refractivity (Wildman–Crippen MR) is 80.3 cm³/mol. The molecule has 0 fully saturated rings. The van der Waals surface area contributed by atoms with Gasteiger partial charge in [-0.25, -0.2) is 19.2 Å². The molecule has 1 aromatic carbocycles. The van der Waals surface area contributed by atoms with Crippen LogP contribution in [-0.4, -0.2) is 30.2 Å². The Labute approximate surface area is 131 Å². The number of carbonyl (C=O) groups excluding carboxylic acids is 1. The summed E-state index contributed by atoms with van der Waals surface area (Å²) in [5, 5.41) is 0.123. The number of halogens is 2. The summed E-state index contributed by atoms with van der Waals surface area (Å²) < 4.78 is 23.8. The number of carbonyl (C=O) groups is 1. The van der Waals surface area contributed by atoms with Crippen LogP contribution in [0.15, 0.2) is 24.5 Å². The van der Waals surface area contributed by atoms with Crippen LogP contribution >= 0.6 is 11.6 Å². The Hall–Kier alpha value is -2.47. The van der Waals surface area contributed by atoms with Crippen molar-refractivity contribution in [3.8, 4) is 5.75 Å². The minimum Gasteiger partial charge on any atom is -0.494 e. The average molecular weight is 323 g/mol. The minimum atomic E-state index is -0.582. The van der Waals surface area contributed by atoms with Gasteiger partial charge < -0.3 is 9.47 Å². The lowest BCUT2D eigenvalue weighted by Crippen LogP contribution is -2.03. The van der Waals surface area contributed by atoms with Crippen molar-refractivity contribution >= 4 is 29.7 Å². The fraction of sp³-hybridized carbons (Fsp3) is 0.133. The quantitative estimate of drug-likeness (QED) is 0.639. The van der Waals surface area contributed by atoms with E-state index in [1.807, 2.05) is 0 Å². The Morgan fingerprint density at radius 1 is 1.23 bits per heavy atom. The largest absolute Gasteiger partial charge is 0.494 e. The summed E-state index contributed by atoms with van der Waals surface area (Å²) in [6.45, 7) is 0. The van der Waals surface area contributed by atoms with Crippen molar-refractivity contribution in [1.82, 2.24) is 9.97 Å². The monoisotopic (exact) mass is 322 g/mol. The first-order valence-corrected chi connectivity index (χ1v) is 6.54. The minimum absolute atomic E-state index is 0.0464. The molecule has 0 spiro atoms. The van der Waals surface area contributed by atoms with Gasteiger partial charge in [0.05, 0.1) is 19.8 Å². The molecule has 1 aromatic heterocycles. The van der Waals surface area contributed by atoms with Crippen LogP contribution in [0.5, 0.6) is 5.75 Å². The highest BCUT2D eigenvalue weighted by Gasteiger charge is 2.14. The molecule has 0 aliphatic carbocycles. The van der Waals surface area contributed by atoms with Gasteiger partial charge in [-0.3, -0.25) is 0 Å². The van der Waals surface area contributed by atoms with E-state index in [1.165, 1.54) is 44.8 Å². The lowest BCUT2D eigenvalue weighted by atomic mass is 10.1. The molecule has 0 unspecified atom stereocenters. The topological polar surface area (TPSA) is 61.3 Å². The molecule has 5 nitrogen and oxygen atoms in total. The van der Waals surface area contributed by atoms with Crippen molar-refractivity contribution in [3.05, 3.63) is 52.3 Å². The SMILES string of the molecule is COC(=O)c1cc(/C=C/c2cnc(Cl)nc2)c(F)c(OC)c1. The van der Waals surface area contributed by atoms with Crippen molar-refractivity contribution in [2.24, 2.45) is 0 Å². The summed E-state index contributed by atoms with van der Waals surface area (Å²) in [5.41, 5.74) is 0.994. The summed E-state index contributed by atoms with van der Waals surface area (Å²) in [5.74, 6) is -1.21. The van der Waals surface area contributed by atoms with Gasteiger partial charge in [-0.15, -0.1) is 0 Å². The third-order valence-corrected chi connectivity index (χ3v) is 3.00. The number of rotatable bonds is 4. The smallest absolute Gasteiger partial charge is 0.338 e. The van der Waals surface area contributed by atoms with Crippen LogP contribution in [0.4, 0.5) is 4.39 Å². The number of aromatic nitrogens is 2. The van der Waals surface area contributed by atoms with Crippen LogP contribution < -0.4 is 4.74 Å². The van der Waals surface area contributed by atoms with Gasteiger partial charge in [0.25, 0.3) is 0 Å². The van der Waals surface area contributed by atoms with E-state index in [0.29, 0.717) is 5.56 Å². The van der Waals surface area contributed by atoms with Gasteiger partial charge in [-0.2, -0.15) is 0 Å². The number of ether oxygens (including phenoxy) is 2. The number of esters is 1. The lowest BCUT2D eigenvalue weighted by Gasteiger charge is -2.08. The molecule has 22 heavy (non-hydrogen) atoms. The molecular formula is C15H12ClFN2O3. The van der Waals surface area contributed by atoms with E-state index in [-0.39, 0.29) is 22.2 Å². The molecule has 0 N–H and O–H groups in total. The van der Waals surface area contributed by atoms with Crippen LogP contribution in [0.2, 0.25) is 5.28 Å². The lowest BCUT2D eigenvalue weighted by molar-refractivity contribution is 0.0600. The second kappa shape index (κ2) is 7.00. The number of benzene rings is 1. The highest BCUT2D eigenvalue weighted by Crippen LogP contribution is 2.25. The van der Waals surface area contributed by atoms with Crippen LogP contribution in [0.25, 0.3) is 12.2 Å². The highest BCUT2D eigenvalue weighted by molar-refractivity contribution is 6.28. The van der Waals surface area contributed by atoms with Crippen molar-refractivity contribution in [3.63, 3.8) is 0 Å². The molecule has 0 radical (unpaired) electrons. The number of methoxy groups -OCH3 is 2. The summed E-state index contributed by atoms with van der Waals surface area (Å²) in [7, 11) is 2.57. The maximum Gasteiger partial charge on any atom is 0.338 e. The first kappa shape index (κ1) is 15.9. The number of hydrogen-bond acceptors (Lipinski definition) is 5. The van der Waals surface area contributed by atoms with Gasteiger partial charge in [0.1, 0.15) is 0 Å². The molecule has 2 aromatic rings. The summed E-state index contributed by atoms with van der Waals surface area (Å²) >= 11 is 5.59. The number of hydrogen-bond donors (Lipinski definition) is 0. The van der Waals surface area contributed by atoms with Crippen molar-refractivity contribution in [2.45, 2.75) is 0 Å². The Morgan fingerprint density at radius 3 is 2.50 bits per heavy atom. The van der Waals surface area contributed by atoms with Crippen LogP contribution in [0, 0.1) is 5.82 Å². The molecule has 0 atom stereocenters. The van der Waals surface area contributed by atoms with Gasteiger partial charge >= 0.3 is 5.97 Å². The molecule has 0 aliphatic rings. The Bertz CT molecular complexity index is 717. The molecule has 1 heterocycles. The van der Waals surface area contributed by atoms with E-state index in [0.717, 1.165) is 0 Å². The van der Waals surface area contributed by atoms with Gasteiger partial charge in [0.15, 0.2) is 11.6 Å². The summed E-state index contributed by atoms with van der Waals surface area (Å²) in [6, 6.07) is 2.65. The van der Waals surface area contributed by atoms with Crippen molar-refractivity contribution < 1.29 is 18.7 Å². The Morgan fingerprint density at radius 2 is 1.91 bits per heavy atom. The van der Waals surface area contributed by atoms with Gasteiger partial charge in [0, 0.05) is 23.5 Å². The molecule has 0 amide bonds. The average Bonchev–Trinajstić information content (AvgIpc) is 2.54. The molecule has 7 heteroatoms. The van der Waals surface area contributed by atoms with Gasteiger partial charge in [-0.1, -0.05) is 12.2 Å². The number of nitrogens with zero attached hydrogens (tertiary/aromatic N) is 2. The summed E-state index contributed by atoms with van der Waals surface area (Å²) in [4.78, 5) is 19.2. The standard InChI is InChI=1S/C15H12ClFN2O3/c1-21-12-6-11(14(20)22-2)5-10(13(12)17)4-3-9-7-18-15(16)19-8-9/h3-8H,1-2H3/b4-3+. The molecular weight excluding hydrogens is 311 g/mol. The Kier molecular flexibility index (Phi) is 5.06. The van der Waals surface area contributed by atoms with E-state index in [4.69, 9.17) is 16.3 Å². The molecule has 0 saturated heterocycles. The zero-order valence-electron chi connectivity index (χ0n) is 11.8. The second-order valence-electron chi connectivity index (χ2n) is 4.19. The first-order chi connectivity index (χ1) is 10.5. The van der Waals surface area contributed by atoms with Crippen LogP contribution in [0.1, 0.15) is 21.5 Å². The molecule has 0 aliphatic heterocycles. The zero-order chi connectivity index (χ0) is 16.1. The second-order valence-corrected chi connectivity index (χ2v) is 4.53. The summed E-state index contributed by atoms with van der Waals surface area (Å²) in [6.07, 6.45) is 6.06. The third kappa shape index (κ3) is 3.59. The fourth-order valence-electron chi connectivity index (χ4n) is 1.72. The van der Waals surface area contributed by atoms with E-state index < -0.39 is 11.8 Å². The third-order valence-electron chi connectivity index (χ3n) is 2.80. The van der Waals surface area contributed by atoms with Gasteiger partial charge in [0.2, 0.25) is 5.28 Å². The molecule has 114 valence electrons. The predicted octanol–water partition coefficient (Wildman–Crippen LogP) is 3.23. The van der Waals surface area contributed by atoms with Gasteiger partial charge in [-0.05, 0) is 23.7 Å². The maximum absolute atomic E-state index is 14.2. The fourth-order valence-corrected chi connectivity index (χ4v) is 1.82. The van der Waals surface area contributed by atoms with Crippen molar-refractivity contribution in [2.75, 3.05) is 14.2 Å². The van der Waals surface area contributed by atoms with Crippen molar-refractivity contribution in [1.29, 1.82) is 0 Å². The molecule has 0 saturated carbocycles. The van der Waals surface area contributed by atoms with E-state index >= 15 is 0 Å². The highest BCUT2D eigenvalue weighted by atomic mass is 35.5. The maximum atomic E-state index is 14.2. The van der Waals surface area contributed by atoms with E-state index in [9.17, 15) is 9.18 Å². The zero-order valence-corrected chi connectivity index (χ0v) is 12.6. The van der Waals surface area contributed by atoms with E-state index in [2.05, 4.69) is 14.7 Å². The van der Waals surface area contributed by atoms with Crippen LogP contribution in [0.3, 0.4) is 0 Å². The molecule has 2 rings (SSSR count). The Balaban J connectivity index is 2.40. The molecule has 0 bridgehead atoms. The van der Waals surface area contributed by atoms with Crippen LogP contribution in [-0.2, 0) is 4.74 Å².